The lowest BCUT2D eigenvalue weighted by Crippen LogP contribution is -1.90. The van der Waals surface area contributed by atoms with Crippen molar-refractivity contribution in [2.45, 2.75) is 0 Å². The molecule has 3 N–H and O–H groups in total. The van der Waals surface area contributed by atoms with Gasteiger partial charge in [0.15, 0.2) is 0 Å². The van der Waals surface area contributed by atoms with Crippen molar-refractivity contribution in [3.63, 3.8) is 0 Å². The number of nitrogens with two attached hydrogens (primary N) is 1. The number of para-hydroxylation sites is 1. The summed E-state index contributed by atoms with van der Waals surface area (Å²) in [4.78, 5) is 7.67. The predicted octanol–water partition coefficient (Wildman–Crippen LogP) is 4.07. The van der Waals surface area contributed by atoms with Crippen LogP contribution in [0.5, 0.6) is 0 Å². The minimum atomic E-state index is 0.749. The van der Waals surface area contributed by atoms with E-state index in [1.165, 1.54) is 0 Å². The molecule has 0 aliphatic heterocycles. The topological polar surface area (TPSA) is 67.8 Å². The van der Waals surface area contributed by atoms with Crippen molar-refractivity contribution in [3.8, 4) is 22.3 Å². The molecule has 3 aromatic heterocycles. The zero-order chi connectivity index (χ0) is 14.2. The van der Waals surface area contributed by atoms with Crippen LogP contribution in [0.15, 0.2) is 65.7 Å². The van der Waals surface area contributed by atoms with Crippen LogP contribution in [0.3, 0.4) is 0 Å². The molecule has 0 spiro atoms. The molecule has 0 bridgehead atoms. The number of benzene rings is 1. The minimum absolute atomic E-state index is 0.749. The molecule has 4 heteroatoms. The average Bonchev–Trinajstić information content (AvgIpc) is 3.16. The number of aromatic nitrogens is 2. The fraction of sp³-hybridized carbons (Fsp3) is 0. The van der Waals surface area contributed by atoms with Gasteiger partial charge in [0.05, 0.1) is 12.5 Å². The number of hydrogen-bond donors (Lipinski definition) is 2. The summed E-state index contributed by atoms with van der Waals surface area (Å²) in [6.07, 6.45) is 7.18. The summed E-state index contributed by atoms with van der Waals surface area (Å²) in [5.41, 5.74) is 11.8. The summed E-state index contributed by atoms with van der Waals surface area (Å²) < 4.78 is 5.17. The maximum absolute atomic E-state index is 6.05. The molecular formula is C17H13N3O. The number of nitrogens with zero attached hydrogens (tertiary/aromatic N) is 1. The zero-order valence-corrected chi connectivity index (χ0v) is 11.2. The number of furan rings is 1. The molecule has 0 radical (unpaired) electrons. The smallest absolute Gasteiger partial charge is 0.137 e. The Morgan fingerprint density at radius 3 is 2.76 bits per heavy atom. The van der Waals surface area contributed by atoms with Crippen molar-refractivity contribution in [2.75, 3.05) is 5.73 Å². The molecule has 1 aromatic carbocycles. The highest BCUT2D eigenvalue weighted by Crippen LogP contribution is 2.32. The van der Waals surface area contributed by atoms with E-state index in [9.17, 15) is 0 Å². The van der Waals surface area contributed by atoms with Gasteiger partial charge in [-0.15, -0.1) is 0 Å². The molecule has 0 fully saturated rings. The number of aromatic amines is 1. The van der Waals surface area contributed by atoms with Crippen molar-refractivity contribution >= 4 is 16.7 Å². The summed E-state index contributed by atoms with van der Waals surface area (Å²) in [7, 11) is 0. The fourth-order valence-electron chi connectivity index (χ4n) is 2.57. The van der Waals surface area contributed by atoms with Gasteiger partial charge in [-0.05, 0) is 18.2 Å². The second-order valence-electron chi connectivity index (χ2n) is 4.92. The Bertz CT molecular complexity index is 907. The summed E-state index contributed by atoms with van der Waals surface area (Å²) in [5, 5.41) is 1.05. The molecule has 0 atom stereocenters. The lowest BCUT2D eigenvalue weighted by Gasteiger charge is -2.05. The van der Waals surface area contributed by atoms with Crippen LogP contribution < -0.4 is 5.73 Å². The highest BCUT2D eigenvalue weighted by Gasteiger charge is 2.10. The van der Waals surface area contributed by atoms with Crippen LogP contribution in [0.4, 0.5) is 5.69 Å². The van der Waals surface area contributed by atoms with Crippen LogP contribution in [0.2, 0.25) is 0 Å². The minimum Gasteiger partial charge on any atom is -0.472 e. The van der Waals surface area contributed by atoms with E-state index in [0.717, 1.165) is 39.0 Å². The van der Waals surface area contributed by atoms with Gasteiger partial charge in [-0.2, -0.15) is 0 Å². The Labute approximate surface area is 121 Å². The van der Waals surface area contributed by atoms with E-state index in [1.807, 2.05) is 42.7 Å². The molecule has 0 saturated carbocycles. The SMILES string of the molecule is Nc1ccccc1-c1cnc2[nH]cc(-c3ccoc3)c2c1. The van der Waals surface area contributed by atoms with Crippen LogP contribution in [-0.2, 0) is 0 Å². The Morgan fingerprint density at radius 2 is 1.95 bits per heavy atom. The highest BCUT2D eigenvalue weighted by molar-refractivity contribution is 5.96. The number of pyridine rings is 1. The molecule has 0 unspecified atom stereocenters. The molecular weight excluding hydrogens is 262 g/mol. The predicted molar refractivity (Wildman–Crippen MR) is 83.6 cm³/mol. The molecule has 0 aliphatic carbocycles. The van der Waals surface area contributed by atoms with E-state index < -0.39 is 0 Å². The Morgan fingerprint density at radius 1 is 1.05 bits per heavy atom. The third kappa shape index (κ3) is 1.89. The van der Waals surface area contributed by atoms with Crippen LogP contribution in [0, 0.1) is 0 Å². The summed E-state index contributed by atoms with van der Waals surface area (Å²) in [6.45, 7) is 0. The number of hydrogen-bond acceptors (Lipinski definition) is 3. The first kappa shape index (κ1) is 11.8. The standard InChI is InChI=1S/C17H13N3O/c18-16-4-2-1-3-13(16)12-7-14-15(11-5-6-21-10-11)9-20-17(14)19-8-12/h1-10H,18H2,(H,19,20). The highest BCUT2D eigenvalue weighted by atomic mass is 16.3. The van der Waals surface area contributed by atoms with Gasteiger partial charge >= 0.3 is 0 Å². The third-order valence-electron chi connectivity index (χ3n) is 3.64. The van der Waals surface area contributed by atoms with Crippen molar-refractivity contribution in [1.82, 2.24) is 9.97 Å². The molecule has 3 heterocycles. The second kappa shape index (κ2) is 4.52. The van der Waals surface area contributed by atoms with Crippen LogP contribution in [-0.4, -0.2) is 9.97 Å². The van der Waals surface area contributed by atoms with E-state index in [0.29, 0.717) is 0 Å². The summed E-state index contributed by atoms with van der Waals surface area (Å²) in [6, 6.07) is 11.8. The Kier molecular flexibility index (Phi) is 2.54. The Hall–Kier alpha value is -3.01. The second-order valence-corrected chi connectivity index (χ2v) is 4.92. The summed E-state index contributed by atoms with van der Waals surface area (Å²) >= 11 is 0. The van der Waals surface area contributed by atoms with E-state index in [1.54, 1.807) is 12.5 Å². The molecule has 4 rings (SSSR count). The van der Waals surface area contributed by atoms with Gasteiger partial charge in [0.1, 0.15) is 5.65 Å². The van der Waals surface area contributed by atoms with Gasteiger partial charge < -0.3 is 15.1 Å². The summed E-state index contributed by atoms with van der Waals surface area (Å²) in [5.74, 6) is 0. The third-order valence-corrected chi connectivity index (χ3v) is 3.64. The maximum Gasteiger partial charge on any atom is 0.137 e. The molecule has 102 valence electrons. The molecule has 21 heavy (non-hydrogen) atoms. The zero-order valence-electron chi connectivity index (χ0n) is 11.2. The van der Waals surface area contributed by atoms with Crippen molar-refractivity contribution in [1.29, 1.82) is 0 Å². The van der Waals surface area contributed by atoms with E-state index in [4.69, 9.17) is 10.2 Å². The lowest BCUT2D eigenvalue weighted by molar-refractivity contribution is 0.568. The van der Waals surface area contributed by atoms with Crippen molar-refractivity contribution in [2.24, 2.45) is 0 Å². The molecule has 0 saturated heterocycles. The van der Waals surface area contributed by atoms with E-state index in [2.05, 4.69) is 16.0 Å². The molecule has 0 aliphatic rings. The quantitative estimate of drug-likeness (QED) is 0.542. The van der Waals surface area contributed by atoms with Gasteiger partial charge in [-0.25, -0.2) is 4.98 Å². The van der Waals surface area contributed by atoms with Gasteiger partial charge in [-0.1, -0.05) is 18.2 Å². The van der Waals surface area contributed by atoms with Crippen molar-refractivity contribution < 1.29 is 4.42 Å². The first-order chi connectivity index (χ1) is 10.3. The molecule has 0 amide bonds. The number of nitrogen functional groups attached to an aromatic ring is 1. The Balaban J connectivity index is 1.94. The number of H-pyrrole nitrogens is 1. The monoisotopic (exact) mass is 275 g/mol. The normalized spacial score (nSPS) is 11.0. The number of rotatable bonds is 2. The van der Waals surface area contributed by atoms with E-state index >= 15 is 0 Å². The van der Waals surface area contributed by atoms with E-state index in [-0.39, 0.29) is 0 Å². The van der Waals surface area contributed by atoms with Crippen molar-refractivity contribution in [3.05, 3.63) is 61.3 Å². The number of nitrogens with one attached hydrogen (secondary N) is 1. The van der Waals surface area contributed by atoms with Gasteiger partial charge in [0.2, 0.25) is 0 Å². The first-order valence-electron chi connectivity index (χ1n) is 6.67. The van der Waals surface area contributed by atoms with Crippen LogP contribution in [0.1, 0.15) is 0 Å². The van der Waals surface area contributed by atoms with Gasteiger partial charge in [-0.3, -0.25) is 0 Å². The number of fused-ring (bicyclic) bond motifs is 1. The first-order valence-corrected chi connectivity index (χ1v) is 6.67. The van der Waals surface area contributed by atoms with Crippen LogP contribution in [0.25, 0.3) is 33.3 Å². The largest absolute Gasteiger partial charge is 0.472 e. The van der Waals surface area contributed by atoms with Gasteiger partial charge in [0, 0.05) is 45.7 Å². The maximum atomic E-state index is 6.05. The van der Waals surface area contributed by atoms with Gasteiger partial charge in [0.25, 0.3) is 0 Å². The number of anilines is 1. The average molecular weight is 275 g/mol. The fourth-order valence-corrected chi connectivity index (χ4v) is 2.57. The lowest BCUT2D eigenvalue weighted by atomic mass is 10.0. The molecule has 4 nitrogen and oxygen atoms in total. The molecule has 4 aromatic rings. The van der Waals surface area contributed by atoms with Crippen LogP contribution >= 0.6 is 0 Å².